The Labute approximate surface area is 271 Å². The van der Waals surface area contributed by atoms with Gasteiger partial charge in [-0.3, -0.25) is 0 Å². The quantitative estimate of drug-likeness (QED) is 0.201. The van der Waals surface area contributed by atoms with Crippen molar-refractivity contribution in [2.24, 2.45) is 0 Å². The molecule has 7 aromatic carbocycles. The van der Waals surface area contributed by atoms with Crippen LogP contribution in [-0.2, 0) is 23.3 Å². The Morgan fingerprint density at radius 2 is 1.10 bits per heavy atom. The summed E-state index contributed by atoms with van der Waals surface area (Å²) in [6.45, 7) is 2.12. The summed E-state index contributed by atoms with van der Waals surface area (Å²) in [5.74, 6) is 0. The number of halogens is 2. The van der Waals surface area contributed by atoms with Crippen LogP contribution in [0, 0.1) is 6.92 Å². The zero-order valence-corrected chi connectivity index (χ0v) is 27.8. The van der Waals surface area contributed by atoms with E-state index < -0.39 is 5.43 Å². The summed E-state index contributed by atoms with van der Waals surface area (Å²) in [6.07, 6.45) is 0. The number of rotatable bonds is 3. The summed E-state index contributed by atoms with van der Waals surface area (Å²) in [7, 11) is 0. The Morgan fingerprint density at radius 3 is 1.71 bits per heavy atom. The third kappa shape index (κ3) is 8.74. The molecule has 0 amide bonds. The molecule has 0 aromatic heterocycles. The first-order chi connectivity index (χ1) is 19.2. The first kappa shape index (κ1) is 32.5. The van der Waals surface area contributed by atoms with Crippen molar-refractivity contribution in [1.29, 1.82) is 0 Å². The molecule has 0 unspecified atom stereocenters. The van der Waals surface area contributed by atoms with E-state index in [1.165, 1.54) is 48.6 Å². The molecule has 0 saturated carbocycles. The normalized spacial score (nSPS) is 9.83. The van der Waals surface area contributed by atoms with Gasteiger partial charge >= 0.3 is 99.8 Å². The van der Waals surface area contributed by atoms with Crippen LogP contribution >= 0.6 is 0 Å². The van der Waals surface area contributed by atoms with E-state index in [1.54, 1.807) is 23.3 Å². The second kappa shape index (κ2) is 16.4. The predicted molar refractivity (Wildman–Crippen MR) is 167 cm³/mol. The van der Waals surface area contributed by atoms with Crippen LogP contribution in [-0.4, -0.2) is 5.43 Å². The fourth-order valence-corrected chi connectivity index (χ4v) is 8.56. The van der Waals surface area contributed by atoms with Crippen LogP contribution in [0.4, 0.5) is 0 Å². The fraction of sp³-hybridized carbons (Fsp3) is 0.0270. The molecule has 0 bridgehead atoms. The monoisotopic (exact) mass is 662 g/mol. The maximum absolute atomic E-state index is 2.25. The molecule has 7 aromatic rings. The molecule has 0 nitrogen and oxygen atoms in total. The van der Waals surface area contributed by atoms with Crippen molar-refractivity contribution in [1.82, 2.24) is 0 Å². The van der Waals surface area contributed by atoms with Crippen LogP contribution in [0.2, 0.25) is 0 Å². The second-order valence-corrected chi connectivity index (χ2v) is 15.1. The van der Waals surface area contributed by atoms with Crippen LogP contribution in [0.25, 0.3) is 32.7 Å². The van der Waals surface area contributed by atoms with E-state index in [-0.39, 0.29) is 24.8 Å². The summed E-state index contributed by atoms with van der Waals surface area (Å²) in [6, 6.07) is 57.9. The summed E-state index contributed by atoms with van der Waals surface area (Å²) in [5.41, 5.74) is 3.50. The minimum absolute atomic E-state index is 0. The molecule has 0 heterocycles. The van der Waals surface area contributed by atoms with Crippen molar-refractivity contribution in [3.8, 4) is 11.1 Å². The standard InChI is InChI=1S/C15H11.C12H10Si.C10H9.2ClH.Zr/c1-2-6-12(7-3-1)14-10-4-8-13-9-5-11-15(13)14;1-3-7-11(8-4-1)13-12-9-5-2-6-10-12;1-8-6-9-4-2-3-5-10(9)7-8;;;/h1-11H;1-10H;2-7H,1H3;2*1H;/q-1;;-1;;;+2/p-2. The first-order valence-corrected chi connectivity index (χ1v) is 18.4. The molecular weight excluding hydrogens is 635 g/mol. The average Bonchev–Trinajstić information content (AvgIpc) is 3.64. The Kier molecular flexibility index (Phi) is 13.0. The van der Waals surface area contributed by atoms with Gasteiger partial charge in [0, 0.05) is 0 Å². The topological polar surface area (TPSA) is 0 Å². The van der Waals surface area contributed by atoms with Crippen LogP contribution in [0.3, 0.4) is 0 Å². The Balaban J connectivity index is 0.000000168. The minimum Gasteiger partial charge on any atom is -0.168 e. The molecule has 0 atom stereocenters. The van der Waals surface area contributed by atoms with E-state index in [0.29, 0.717) is 0 Å². The smallest absolute Gasteiger partial charge is 0.0279 e. The number of benzene rings is 5. The molecule has 0 saturated heterocycles. The molecule has 0 aliphatic rings. The van der Waals surface area contributed by atoms with Gasteiger partial charge in [-0.25, -0.2) is 0 Å². The van der Waals surface area contributed by atoms with Gasteiger partial charge in [-0.05, 0) is 5.56 Å². The number of fused-ring (bicyclic) bond motifs is 2. The predicted octanol–water partition coefficient (Wildman–Crippen LogP) is 2.44. The van der Waals surface area contributed by atoms with Gasteiger partial charge < -0.3 is 24.8 Å². The van der Waals surface area contributed by atoms with Crippen molar-refractivity contribution in [2.45, 2.75) is 6.92 Å². The maximum Gasteiger partial charge on any atom is -0.0279 e. The van der Waals surface area contributed by atoms with Crippen molar-refractivity contribution in [2.75, 3.05) is 0 Å². The van der Waals surface area contributed by atoms with Gasteiger partial charge in [0.15, 0.2) is 0 Å². The van der Waals surface area contributed by atoms with E-state index in [0.717, 1.165) is 0 Å². The minimum atomic E-state index is -0.455. The molecule has 0 spiro atoms. The SMILES string of the molecule is Cc1cc2ccccc2[cH-]1.[Cl-].[Cl-].[Zr+2]=[Si](c1ccccc1)c1ccccc1.c1ccc(-c2cccc3[cH-]ccc23)cc1. The van der Waals surface area contributed by atoms with Gasteiger partial charge in [-0.1, -0.05) is 55.0 Å². The summed E-state index contributed by atoms with van der Waals surface area (Å²) in [4.78, 5) is 0. The Bertz CT molecular complexity index is 1700. The molecule has 7 rings (SSSR count). The zero-order chi connectivity index (χ0) is 26.9. The number of hydrogen-bond acceptors (Lipinski definition) is 0. The Hall–Kier alpha value is -3.00. The number of aryl methyl sites for hydroxylation is 1. The van der Waals surface area contributed by atoms with E-state index >= 15 is 0 Å². The van der Waals surface area contributed by atoms with Crippen LogP contribution in [0.1, 0.15) is 5.56 Å². The summed E-state index contributed by atoms with van der Waals surface area (Å²) in [5, 5.41) is 8.38. The first-order valence-electron chi connectivity index (χ1n) is 13.2. The van der Waals surface area contributed by atoms with Crippen molar-refractivity contribution >= 4 is 37.4 Å². The molecule has 41 heavy (non-hydrogen) atoms. The molecule has 0 aliphatic heterocycles. The molecule has 0 fully saturated rings. The van der Waals surface area contributed by atoms with E-state index in [1.807, 2.05) is 0 Å². The van der Waals surface area contributed by atoms with Gasteiger partial charge in [0.25, 0.3) is 0 Å². The molecule has 4 heteroatoms. The fourth-order valence-electron chi connectivity index (χ4n) is 4.71. The maximum atomic E-state index is 2.25. The van der Waals surface area contributed by atoms with Gasteiger partial charge in [0.05, 0.1) is 0 Å². The van der Waals surface area contributed by atoms with E-state index in [9.17, 15) is 0 Å². The van der Waals surface area contributed by atoms with E-state index in [4.69, 9.17) is 0 Å². The Morgan fingerprint density at radius 1 is 0.561 bits per heavy atom. The third-order valence-electron chi connectivity index (χ3n) is 6.65. The van der Waals surface area contributed by atoms with Gasteiger partial charge in [-0.15, -0.1) is 69.6 Å². The molecule has 0 radical (unpaired) electrons. The van der Waals surface area contributed by atoms with Crippen LogP contribution in [0.5, 0.6) is 0 Å². The molecule has 0 aliphatic carbocycles. The third-order valence-corrected chi connectivity index (χ3v) is 12.7. The average molecular weight is 665 g/mol. The van der Waals surface area contributed by atoms with Crippen molar-refractivity contribution < 1.29 is 48.1 Å². The second-order valence-electron chi connectivity index (χ2n) is 9.47. The molecular formula is C37H30Cl2SiZr-2. The van der Waals surface area contributed by atoms with Gasteiger partial charge in [0.2, 0.25) is 0 Å². The van der Waals surface area contributed by atoms with E-state index in [2.05, 4.69) is 171 Å². The van der Waals surface area contributed by atoms with Gasteiger partial charge in [0.1, 0.15) is 0 Å². The van der Waals surface area contributed by atoms with Crippen molar-refractivity contribution in [3.63, 3.8) is 0 Å². The number of hydrogen-bond donors (Lipinski definition) is 0. The largest absolute Gasteiger partial charge is 0.168 e. The van der Waals surface area contributed by atoms with Gasteiger partial charge in [-0.2, -0.15) is 18.2 Å². The van der Waals surface area contributed by atoms with Crippen LogP contribution < -0.4 is 35.2 Å². The molecule has 202 valence electrons. The van der Waals surface area contributed by atoms with Crippen LogP contribution in [0.15, 0.2) is 164 Å². The summed E-state index contributed by atoms with van der Waals surface area (Å²) < 4.78 is 0. The van der Waals surface area contributed by atoms with Crippen molar-refractivity contribution in [3.05, 3.63) is 169 Å². The zero-order valence-electron chi connectivity index (χ0n) is 22.8. The molecule has 0 N–H and O–H groups in total. The summed E-state index contributed by atoms with van der Waals surface area (Å²) >= 11 is 1.64.